The van der Waals surface area contributed by atoms with E-state index in [1.165, 1.54) is 23.2 Å². The predicted molar refractivity (Wildman–Crippen MR) is 64.2 cm³/mol. The van der Waals surface area contributed by atoms with Gasteiger partial charge in [0.1, 0.15) is 0 Å². The number of halogens is 1. The molecule has 2 aromatic rings. The first-order valence-electron chi connectivity index (χ1n) is 5.43. The lowest BCUT2D eigenvalue weighted by atomic mass is 10.2. The molecule has 2 rings (SSSR count). The maximum Gasteiger partial charge on any atom is 0.258 e. The van der Waals surface area contributed by atoms with E-state index in [1.807, 2.05) is 12.1 Å². The molecule has 1 amide bonds. The third-order valence-electron chi connectivity index (χ3n) is 2.51. The molecule has 0 unspecified atom stereocenters. The third-order valence-corrected chi connectivity index (χ3v) is 2.51. The highest BCUT2D eigenvalue weighted by molar-refractivity contribution is 5.93. The van der Waals surface area contributed by atoms with Gasteiger partial charge in [0.15, 0.2) is 0 Å². The van der Waals surface area contributed by atoms with Crippen LogP contribution in [0.1, 0.15) is 15.9 Å². The van der Waals surface area contributed by atoms with Crippen LogP contribution < -0.4 is 0 Å². The van der Waals surface area contributed by atoms with Gasteiger partial charge in [0.2, 0.25) is 5.95 Å². The number of carbonyl (C=O) groups excluding carboxylic acids is 1. The first kappa shape index (κ1) is 12.2. The molecule has 0 spiro atoms. The Labute approximate surface area is 104 Å². The maximum atomic E-state index is 13.4. The van der Waals surface area contributed by atoms with Gasteiger partial charge in [-0.15, -0.1) is 0 Å². The summed E-state index contributed by atoms with van der Waals surface area (Å²) in [5.74, 6) is -1.14. The van der Waals surface area contributed by atoms with Gasteiger partial charge in [-0.1, -0.05) is 0 Å². The van der Waals surface area contributed by atoms with Gasteiger partial charge in [0.25, 0.3) is 5.91 Å². The van der Waals surface area contributed by atoms with Crippen LogP contribution in [0.5, 0.6) is 0 Å². The number of nitrogens with zero attached hydrogens (tertiary/aromatic N) is 3. The minimum Gasteiger partial charge on any atom is -0.337 e. The molecule has 0 aromatic carbocycles. The fourth-order valence-corrected chi connectivity index (χ4v) is 1.59. The topological polar surface area (TPSA) is 46.1 Å². The van der Waals surface area contributed by atoms with E-state index in [0.29, 0.717) is 6.54 Å². The van der Waals surface area contributed by atoms with Crippen molar-refractivity contribution in [2.75, 3.05) is 7.05 Å². The summed E-state index contributed by atoms with van der Waals surface area (Å²) in [5.41, 5.74) is 0.916. The van der Waals surface area contributed by atoms with Gasteiger partial charge < -0.3 is 4.90 Å². The molecule has 0 saturated heterocycles. The highest BCUT2D eigenvalue weighted by atomic mass is 19.1. The van der Waals surface area contributed by atoms with Crippen molar-refractivity contribution in [1.82, 2.24) is 14.9 Å². The lowest BCUT2D eigenvalue weighted by molar-refractivity contribution is 0.0779. The molecular weight excluding hydrogens is 233 g/mol. The smallest absolute Gasteiger partial charge is 0.258 e. The standard InChI is InChI=1S/C13H12FN3O/c1-17(9-10-4-7-15-8-5-10)13(18)11-3-2-6-16-12(11)14/h2-8H,9H2,1H3. The van der Waals surface area contributed by atoms with Gasteiger partial charge in [-0.3, -0.25) is 9.78 Å². The van der Waals surface area contributed by atoms with E-state index in [0.717, 1.165) is 5.56 Å². The zero-order chi connectivity index (χ0) is 13.0. The summed E-state index contributed by atoms with van der Waals surface area (Å²) in [5, 5.41) is 0. The van der Waals surface area contributed by atoms with E-state index >= 15 is 0 Å². The molecule has 4 nitrogen and oxygen atoms in total. The molecule has 0 bridgehead atoms. The average Bonchev–Trinajstić information content (AvgIpc) is 2.39. The van der Waals surface area contributed by atoms with E-state index in [9.17, 15) is 9.18 Å². The van der Waals surface area contributed by atoms with Crippen molar-refractivity contribution in [3.05, 3.63) is 59.9 Å². The van der Waals surface area contributed by atoms with E-state index < -0.39 is 11.9 Å². The largest absolute Gasteiger partial charge is 0.337 e. The van der Waals surface area contributed by atoms with Crippen LogP contribution in [0.2, 0.25) is 0 Å². The monoisotopic (exact) mass is 245 g/mol. The zero-order valence-corrected chi connectivity index (χ0v) is 9.88. The van der Waals surface area contributed by atoms with Crippen LogP contribution >= 0.6 is 0 Å². The lowest BCUT2D eigenvalue weighted by Crippen LogP contribution is -2.27. The Balaban J connectivity index is 2.13. The molecule has 92 valence electrons. The second-order valence-electron chi connectivity index (χ2n) is 3.86. The number of amides is 1. The summed E-state index contributed by atoms with van der Waals surface area (Å²) < 4.78 is 13.4. The molecule has 0 aliphatic carbocycles. The third kappa shape index (κ3) is 2.68. The molecular formula is C13H12FN3O. The van der Waals surface area contributed by atoms with Crippen LogP contribution in [0, 0.1) is 5.95 Å². The lowest BCUT2D eigenvalue weighted by Gasteiger charge is -2.17. The normalized spacial score (nSPS) is 10.1. The summed E-state index contributed by atoms with van der Waals surface area (Å²) in [7, 11) is 1.62. The summed E-state index contributed by atoms with van der Waals surface area (Å²) in [6.07, 6.45) is 4.62. The predicted octanol–water partition coefficient (Wildman–Crippen LogP) is 1.89. The number of rotatable bonds is 3. The minimum atomic E-state index is -0.746. The number of hydrogen-bond donors (Lipinski definition) is 0. The van der Waals surface area contributed by atoms with Gasteiger partial charge >= 0.3 is 0 Å². The molecule has 0 N–H and O–H groups in total. The van der Waals surface area contributed by atoms with Gasteiger partial charge in [0, 0.05) is 32.2 Å². The van der Waals surface area contributed by atoms with E-state index in [1.54, 1.807) is 19.4 Å². The van der Waals surface area contributed by atoms with Crippen molar-refractivity contribution in [3.8, 4) is 0 Å². The summed E-state index contributed by atoms with van der Waals surface area (Å²) in [6, 6.07) is 6.58. The van der Waals surface area contributed by atoms with Crippen molar-refractivity contribution in [1.29, 1.82) is 0 Å². The summed E-state index contributed by atoms with van der Waals surface area (Å²) in [4.78, 5) is 20.8. The van der Waals surface area contributed by atoms with Crippen LogP contribution in [0.3, 0.4) is 0 Å². The Hall–Kier alpha value is -2.30. The van der Waals surface area contributed by atoms with Crippen molar-refractivity contribution in [3.63, 3.8) is 0 Å². The Morgan fingerprint density at radius 2 is 2.00 bits per heavy atom. The van der Waals surface area contributed by atoms with Gasteiger partial charge in [-0.2, -0.15) is 4.39 Å². The van der Waals surface area contributed by atoms with E-state index in [4.69, 9.17) is 0 Å². The van der Waals surface area contributed by atoms with Crippen LogP contribution in [-0.4, -0.2) is 27.8 Å². The van der Waals surface area contributed by atoms with Crippen molar-refractivity contribution in [2.24, 2.45) is 0 Å². The molecule has 0 saturated carbocycles. The first-order chi connectivity index (χ1) is 8.68. The highest BCUT2D eigenvalue weighted by Gasteiger charge is 2.16. The number of aromatic nitrogens is 2. The highest BCUT2D eigenvalue weighted by Crippen LogP contribution is 2.09. The number of pyridine rings is 2. The second-order valence-corrected chi connectivity index (χ2v) is 3.86. The molecule has 2 aromatic heterocycles. The molecule has 0 aliphatic heterocycles. The number of hydrogen-bond acceptors (Lipinski definition) is 3. The minimum absolute atomic E-state index is 0.0194. The molecule has 0 fully saturated rings. The average molecular weight is 245 g/mol. The van der Waals surface area contributed by atoms with Crippen LogP contribution in [0.4, 0.5) is 4.39 Å². The quantitative estimate of drug-likeness (QED) is 0.776. The molecule has 5 heteroatoms. The SMILES string of the molecule is CN(Cc1ccncc1)C(=O)c1cccnc1F. The van der Waals surface area contributed by atoms with Gasteiger partial charge in [-0.05, 0) is 29.8 Å². The number of carbonyl (C=O) groups is 1. The Morgan fingerprint density at radius 1 is 1.28 bits per heavy atom. The molecule has 0 radical (unpaired) electrons. The van der Waals surface area contributed by atoms with Gasteiger partial charge in [-0.25, -0.2) is 4.98 Å². The van der Waals surface area contributed by atoms with Crippen LogP contribution in [-0.2, 0) is 6.54 Å². The van der Waals surface area contributed by atoms with Crippen molar-refractivity contribution < 1.29 is 9.18 Å². The summed E-state index contributed by atoms with van der Waals surface area (Å²) >= 11 is 0. The molecule has 2 heterocycles. The van der Waals surface area contributed by atoms with Crippen molar-refractivity contribution in [2.45, 2.75) is 6.54 Å². The Morgan fingerprint density at radius 3 is 2.67 bits per heavy atom. The molecule has 18 heavy (non-hydrogen) atoms. The van der Waals surface area contributed by atoms with E-state index in [-0.39, 0.29) is 5.56 Å². The van der Waals surface area contributed by atoms with Gasteiger partial charge in [0.05, 0.1) is 5.56 Å². The fraction of sp³-hybridized carbons (Fsp3) is 0.154. The van der Waals surface area contributed by atoms with Crippen LogP contribution in [0.15, 0.2) is 42.9 Å². The maximum absolute atomic E-state index is 13.4. The summed E-state index contributed by atoms with van der Waals surface area (Å²) in [6.45, 7) is 0.398. The zero-order valence-electron chi connectivity index (χ0n) is 9.88. The fourth-order valence-electron chi connectivity index (χ4n) is 1.59. The van der Waals surface area contributed by atoms with Crippen LogP contribution in [0.25, 0.3) is 0 Å². The molecule has 0 aliphatic rings. The Kier molecular flexibility index (Phi) is 3.62. The van der Waals surface area contributed by atoms with E-state index in [2.05, 4.69) is 9.97 Å². The molecule has 0 atom stereocenters. The second kappa shape index (κ2) is 5.35. The first-order valence-corrected chi connectivity index (χ1v) is 5.43. The Bertz CT molecular complexity index is 545. The van der Waals surface area contributed by atoms with Crippen molar-refractivity contribution >= 4 is 5.91 Å².